The van der Waals surface area contributed by atoms with Crippen molar-refractivity contribution in [2.24, 2.45) is 5.11 Å². The summed E-state index contributed by atoms with van der Waals surface area (Å²) >= 11 is 0. The molecule has 0 saturated heterocycles. The second-order valence-corrected chi connectivity index (χ2v) is 5.93. The SMILES string of the molecule is COc1cccc(CO[C@H]2C=C[C@@H](c3ccccc3)O[C@@H]2CN=[N+]=[N-])c1. The van der Waals surface area contributed by atoms with Gasteiger partial charge in [-0.3, -0.25) is 0 Å². The molecule has 0 aliphatic carbocycles. The average Bonchev–Trinajstić information content (AvgIpc) is 2.71. The van der Waals surface area contributed by atoms with E-state index in [9.17, 15) is 0 Å². The van der Waals surface area contributed by atoms with Gasteiger partial charge in [0.05, 0.1) is 26.4 Å². The minimum absolute atomic E-state index is 0.174. The third-order valence-electron chi connectivity index (χ3n) is 4.19. The van der Waals surface area contributed by atoms with Crippen LogP contribution in [0.25, 0.3) is 10.4 Å². The predicted octanol–water partition coefficient (Wildman–Crippen LogP) is 4.59. The number of azide groups is 1. The van der Waals surface area contributed by atoms with Gasteiger partial charge in [-0.1, -0.05) is 59.7 Å². The van der Waals surface area contributed by atoms with Gasteiger partial charge in [-0.15, -0.1) is 0 Å². The van der Waals surface area contributed by atoms with E-state index in [4.69, 9.17) is 19.7 Å². The van der Waals surface area contributed by atoms with E-state index in [1.165, 1.54) is 0 Å². The van der Waals surface area contributed by atoms with Crippen molar-refractivity contribution >= 4 is 0 Å². The van der Waals surface area contributed by atoms with Crippen molar-refractivity contribution < 1.29 is 14.2 Å². The summed E-state index contributed by atoms with van der Waals surface area (Å²) in [4.78, 5) is 2.85. The molecule has 1 aliphatic rings. The van der Waals surface area contributed by atoms with Gasteiger partial charge in [0, 0.05) is 4.91 Å². The van der Waals surface area contributed by atoms with Crippen molar-refractivity contribution in [1.82, 2.24) is 0 Å². The van der Waals surface area contributed by atoms with E-state index in [-0.39, 0.29) is 24.9 Å². The summed E-state index contributed by atoms with van der Waals surface area (Å²) in [5.74, 6) is 0.788. The summed E-state index contributed by atoms with van der Waals surface area (Å²) in [6, 6.07) is 17.7. The number of hydrogen-bond donors (Lipinski definition) is 0. The van der Waals surface area contributed by atoms with Gasteiger partial charge < -0.3 is 14.2 Å². The molecule has 1 heterocycles. The average molecular weight is 351 g/mol. The lowest BCUT2D eigenvalue weighted by molar-refractivity contribution is -0.0839. The summed E-state index contributed by atoms with van der Waals surface area (Å²) < 4.78 is 17.4. The van der Waals surface area contributed by atoms with Crippen LogP contribution >= 0.6 is 0 Å². The molecule has 1 aliphatic heterocycles. The largest absolute Gasteiger partial charge is 0.497 e. The Kier molecular flexibility index (Phi) is 6.28. The van der Waals surface area contributed by atoms with Gasteiger partial charge in [-0.25, -0.2) is 0 Å². The van der Waals surface area contributed by atoms with Crippen LogP contribution in [0.1, 0.15) is 17.2 Å². The molecule has 0 N–H and O–H groups in total. The lowest BCUT2D eigenvalue weighted by Gasteiger charge is -2.32. The van der Waals surface area contributed by atoms with Gasteiger partial charge >= 0.3 is 0 Å². The lowest BCUT2D eigenvalue weighted by Crippen LogP contribution is -2.36. The molecule has 3 atom stereocenters. The Labute approximate surface area is 152 Å². The maximum Gasteiger partial charge on any atom is 0.119 e. The first kappa shape index (κ1) is 18.0. The highest BCUT2D eigenvalue weighted by Gasteiger charge is 2.28. The number of rotatable bonds is 7. The fourth-order valence-corrected chi connectivity index (χ4v) is 2.86. The van der Waals surface area contributed by atoms with Crippen molar-refractivity contribution in [2.75, 3.05) is 13.7 Å². The Morgan fingerprint density at radius 1 is 1.12 bits per heavy atom. The Morgan fingerprint density at radius 2 is 1.96 bits per heavy atom. The van der Waals surface area contributed by atoms with Gasteiger partial charge in [0.15, 0.2) is 0 Å². The third-order valence-corrected chi connectivity index (χ3v) is 4.19. The van der Waals surface area contributed by atoms with Gasteiger partial charge in [0.2, 0.25) is 0 Å². The molecule has 0 spiro atoms. The van der Waals surface area contributed by atoms with E-state index in [0.29, 0.717) is 6.61 Å². The highest BCUT2D eigenvalue weighted by molar-refractivity contribution is 5.28. The summed E-state index contributed by atoms with van der Waals surface area (Å²) in [6.07, 6.45) is 3.17. The molecule has 134 valence electrons. The van der Waals surface area contributed by atoms with Crippen molar-refractivity contribution in [3.63, 3.8) is 0 Å². The number of nitrogens with zero attached hydrogens (tertiary/aromatic N) is 3. The third kappa shape index (κ3) is 4.64. The summed E-state index contributed by atoms with van der Waals surface area (Å²) in [5, 5.41) is 3.68. The minimum atomic E-state index is -0.341. The zero-order valence-corrected chi connectivity index (χ0v) is 14.6. The molecule has 0 radical (unpaired) electrons. The second-order valence-electron chi connectivity index (χ2n) is 5.93. The Balaban J connectivity index is 1.70. The summed E-state index contributed by atoms with van der Waals surface area (Å²) in [5.41, 5.74) is 10.7. The topological polar surface area (TPSA) is 76.5 Å². The van der Waals surface area contributed by atoms with Gasteiger partial charge in [-0.2, -0.15) is 0 Å². The second kappa shape index (κ2) is 9.06. The van der Waals surface area contributed by atoms with E-state index < -0.39 is 0 Å². The first-order chi connectivity index (χ1) is 12.8. The van der Waals surface area contributed by atoms with Gasteiger partial charge in [-0.05, 0) is 28.8 Å². The van der Waals surface area contributed by atoms with Gasteiger partial charge in [0.1, 0.15) is 18.0 Å². The highest BCUT2D eigenvalue weighted by Crippen LogP contribution is 2.28. The van der Waals surface area contributed by atoms with E-state index in [0.717, 1.165) is 16.9 Å². The fraction of sp³-hybridized carbons (Fsp3) is 0.300. The van der Waals surface area contributed by atoms with Crippen LogP contribution in [0.5, 0.6) is 5.75 Å². The zero-order valence-electron chi connectivity index (χ0n) is 14.6. The molecular weight excluding hydrogens is 330 g/mol. The lowest BCUT2D eigenvalue weighted by atomic mass is 10.0. The standard InChI is InChI=1S/C20H21N3O3/c1-24-17-9-5-6-15(12-17)14-25-19-11-10-18(16-7-3-2-4-8-16)26-20(19)13-22-23-21/h2-12,18-20H,13-14H2,1H3/t18-,19-,20+/m0/s1. The van der Waals surface area contributed by atoms with E-state index in [2.05, 4.69) is 10.0 Å². The van der Waals surface area contributed by atoms with Crippen LogP contribution < -0.4 is 4.74 Å². The van der Waals surface area contributed by atoms with Crippen LogP contribution in [0, 0.1) is 0 Å². The first-order valence-corrected chi connectivity index (χ1v) is 8.44. The Bertz CT molecular complexity index is 788. The summed E-state index contributed by atoms with van der Waals surface area (Å²) in [7, 11) is 1.64. The number of hydrogen-bond acceptors (Lipinski definition) is 4. The van der Waals surface area contributed by atoms with Crippen LogP contribution in [-0.4, -0.2) is 25.9 Å². The maximum absolute atomic E-state index is 8.66. The summed E-state index contributed by atoms with van der Waals surface area (Å²) in [6.45, 7) is 0.630. The van der Waals surface area contributed by atoms with Crippen LogP contribution in [0.2, 0.25) is 0 Å². The number of benzene rings is 2. The normalized spacial score (nSPS) is 21.8. The van der Waals surface area contributed by atoms with Gasteiger partial charge in [0.25, 0.3) is 0 Å². The zero-order chi connectivity index (χ0) is 18.2. The van der Waals surface area contributed by atoms with E-state index in [1.807, 2.05) is 66.7 Å². The van der Waals surface area contributed by atoms with Crippen LogP contribution in [-0.2, 0) is 16.1 Å². The molecule has 0 fully saturated rings. The molecule has 6 heteroatoms. The molecule has 0 aromatic heterocycles. The molecule has 26 heavy (non-hydrogen) atoms. The molecule has 2 aromatic carbocycles. The Morgan fingerprint density at radius 3 is 2.73 bits per heavy atom. The van der Waals surface area contributed by atoms with Crippen molar-refractivity contribution in [2.45, 2.75) is 24.9 Å². The van der Waals surface area contributed by atoms with Crippen LogP contribution in [0.4, 0.5) is 0 Å². The van der Waals surface area contributed by atoms with E-state index in [1.54, 1.807) is 7.11 Å². The first-order valence-electron chi connectivity index (χ1n) is 8.44. The monoisotopic (exact) mass is 351 g/mol. The number of ether oxygens (including phenoxy) is 3. The molecule has 0 unspecified atom stereocenters. The molecule has 0 saturated carbocycles. The molecule has 2 aromatic rings. The molecule has 6 nitrogen and oxygen atoms in total. The highest BCUT2D eigenvalue weighted by atomic mass is 16.5. The number of methoxy groups -OCH3 is 1. The quantitative estimate of drug-likeness (QED) is 0.317. The van der Waals surface area contributed by atoms with Crippen molar-refractivity contribution in [3.05, 3.63) is 88.3 Å². The fourth-order valence-electron chi connectivity index (χ4n) is 2.86. The van der Waals surface area contributed by atoms with Crippen molar-refractivity contribution in [1.29, 1.82) is 0 Å². The van der Waals surface area contributed by atoms with Crippen molar-refractivity contribution in [3.8, 4) is 5.75 Å². The van der Waals surface area contributed by atoms with Crippen LogP contribution in [0.15, 0.2) is 71.9 Å². The molecule has 0 bridgehead atoms. The Hall–Kier alpha value is -2.79. The molecular formula is C20H21N3O3. The molecule has 3 rings (SSSR count). The molecule has 0 amide bonds. The smallest absolute Gasteiger partial charge is 0.119 e. The van der Waals surface area contributed by atoms with E-state index >= 15 is 0 Å². The maximum atomic E-state index is 8.66. The van der Waals surface area contributed by atoms with Crippen LogP contribution in [0.3, 0.4) is 0 Å². The minimum Gasteiger partial charge on any atom is -0.497 e. The predicted molar refractivity (Wildman–Crippen MR) is 98.8 cm³/mol.